The molecular formula is C29H30F3N5O. The van der Waals surface area contributed by atoms with E-state index in [0.29, 0.717) is 18.7 Å². The topological polar surface area (TPSA) is 52.9 Å². The Morgan fingerprint density at radius 2 is 1.47 bits per heavy atom. The molecule has 1 amide bonds. The minimum absolute atomic E-state index is 0.150. The molecule has 3 heterocycles. The van der Waals surface area contributed by atoms with Gasteiger partial charge in [-0.25, -0.2) is 4.98 Å². The van der Waals surface area contributed by atoms with Gasteiger partial charge in [0.25, 0.3) is 5.91 Å². The van der Waals surface area contributed by atoms with Crippen molar-refractivity contribution in [2.75, 3.05) is 36.0 Å². The number of piperazine rings is 1. The number of hydrogen-bond acceptors (Lipinski definition) is 4. The van der Waals surface area contributed by atoms with Gasteiger partial charge in [-0.15, -0.1) is 0 Å². The van der Waals surface area contributed by atoms with Crippen LogP contribution in [-0.4, -0.2) is 41.5 Å². The van der Waals surface area contributed by atoms with Crippen LogP contribution in [0.2, 0.25) is 0 Å². The van der Waals surface area contributed by atoms with E-state index in [9.17, 15) is 18.0 Å². The molecule has 0 saturated carbocycles. The van der Waals surface area contributed by atoms with E-state index in [2.05, 4.69) is 20.1 Å². The van der Waals surface area contributed by atoms with Crippen molar-refractivity contribution in [3.63, 3.8) is 0 Å². The van der Waals surface area contributed by atoms with Crippen LogP contribution >= 0.6 is 0 Å². The molecule has 0 bridgehead atoms. The van der Waals surface area contributed by atoms with Crippen molar-refractivity contribution >= 4 is 22.9 Å². The smallest absolute Gasteiger partial charge is 0.368 e. The van der Waals surface area contributed by atoms with Crippen molar-refractivity contribution < 1.29 is 18.0 Å². The van der Waals surface area contributed by atoms with Gasteiger partial charge >= 0.3 is 6.18 Å². The van der Waals surface area contributed by atoms with E-state index in [0.717, 1.165) is 72.2 Å². The lowest BCUT2D eigenvalue weighted by Crippen LogP contribution is -2.46. The van der Waals surface area contributed by atoms with E-state index >= 15 is 0 Å². The maximum Gasteiger partial charge on any atom is 0.416 e. The molecule has 0 aliphatic carbocycles. The normalized spacial score (nSPS) is 14.2. The van der Waals surface area contributed by atoms with Crippen molar-refractivity contribution in [3.05, 3.63) is 94.9 Å². The molecule has 6 nitrogen and oxygen atoms in total. The molecular weight excluding hydrogens is 491 g/mol. The number of anilines is 2. The van der Waals surface area contributed by atoms with Crippen LogP contribution in [0.1, 0.15) is 39.8 Å². The first-order valence-corrected chi connectivity index (χ1v) is 12.7. The number of benzene rings is 2. The molecule has 0 atom stereocenters. The van der Waals surface area contributed by atoms with Gasteiger partial charge in [-0.3, -0.25) is 9.20 Å². The fourth-order valence-corrected chi connectivity index (χ4v) is 4.86. The molecule has 1 aliphatic heterocycles. The number of rotatable bonds is 6. The molecule has 1 fully saturated rings. The molecule has 198 valence electrons. The van der Waals surface area contributed by atoms with Crippen molar-refractivity contribution in [2.45, 2.75) is 33.0 Å². The van der Waals surface area contributed by atoms with E-state index in [1.165, 1.54) is 0 Å². The molecule has 0 spiro atoms. The number of fused-ring (bicyclic) bond motifs is 1. The highest BCUT2D eigenvalue weighted by Gasteiger charge is 2.30. The zero-order valence-electron chi connectivity index (χ0n) is 21.4. The number of nitrogens with zero attached hydrogens (tertiary/aromatic N) is 4. The SMILES string of the molecule is CCc1nc2ccc(C)cn2c1C(=O)NCc1ccc(N2CCN(c3ccc(C(F)(F)F)cc3)CC2)cc1. The minimum Gasteiger partial charge on any atom is -0.368 e. The number of halogens is 3. The van der Waals surface area contributed by atoms with Crippen LogP contribution in [-0.2, 0) is 19.1 Å². The van der Waals surface area contributed by atoms with Gasteiger partial charge in [-0.2, -0.15) is 13.2 Å². The van der Waals surface area contributed by atoms with Crippen molar-refractivity contribution in [1.29, 1.82) is 0 Å². The fourth-order valence-electron chi connectivity index (χ4n) is 4.86. The summed E-state index contributed by atoms with van der Waals surface area (Å²) >= 11 is 0. The summed E-state index contributed by atoms with van der Waals surface area (Å²) in [6, 6.07) is 17.4. The van der Waals surface area contributed by atoms with Crippen LogP contribution in [0.4, 0.5) is 24.5 Å². The van der Waals surface area contributed by atoms with Crippen molar-refractivity contribution in [2.24, 2.45) is 0 Å². The number of alkyl halides is 3. The summed E-state index contributed by atoms with van der Waals surface area (Å²) < 4.78 is 40.4. The number of imidazole rings is 1. The maximum atomic E-state index is 13.1. The number of aromatic nitrogens is 2. The molecule has 0 unspecified atom stereocenters. The monoisotopic (exact) mass is 521 g/mol. The highest BCUT2D eigenvalue weighted by molar-refractivity contribution is 5.94. The summed E-state index contributed by atoms with van der Waals surface area (Å²) in [4.78, 5) is 22.0. The number of carbonyl (C=O) groups is 1. The lowest BCUT2D eigenvalue weighted by molar-refractivity contribution is -0.137. The quantitative estimate of drug-likeness (QED) is 0.365. The van der Waals surface area contributed by atoms with Crippen LogP contribution < -0.4 is 15.1 Å². The van der Waals surface area contributed by atoms with Crippen LogP contribution in [0.25, 0.3) is 5.65 Å². The van der Waals surface area contributed by atoms with Crippen LogP contribution in [0.3, 0.4) is 0 Å². The largest absolute Gasteiger partial charge is 0.416 e. The van der Waals surface area contributed by atoms with E-state index in [-0.39, 0.29) is 5.91 Å². The summed E-state index contributed by atoms with van der Waals surface area (Å²) in [7, 11) is 0. The average Bonchev–Trinajstić information content (AvgIpc) is 3.29. The zero-order chi connectivity index (χ0) is 26.9. The summed E-state index contributed by atoms with van der Waals surface area (Å²) in [5.41, 5.74) is 5.42. The molecule has 1 aliphatic rings. The summed E-state index contributed by atoms with van der Waals surface area (Å²) in [6.07, 6.45) is -1.72. The van der Waals surface area contributed by atoms with Crippen LogP contribution in [0.15, 0.2) is 66.9 Å². The second kappa shape index (κ2) is 10.4. The third-order valence-electron chi connectivity index (χ3n) is 6.98. The number of aryl methyl sites for hydroxylation is 2. The van der Waals surface area contributed by atoms with E-state index in [4.69, 9.17) is 0 Å². The third-order valence-corrected chi connectivity index (χ3v) is 6.98. The first-order chi connectivity index (χ1) is 18.2. The molecule has 9 heteroatoms. The number of hydrogen-bond donors (Lipinski definition) is 1. The fraction of sp³-hybridized carbons (Fsp3) is 0.310. The van der Waals surface area contributed by atoms with Gasteiger partial charge in [0.05, 0.1) is 11.3 Å². The van der Waals surface area contributed by atoms with Gasteiger partial charge in [0.2, 0.25) is 0 Å². The number of nitrogens with one attached hydrogen (secondary N) is 1. The predicted molar refractivity (Wildman–Crippen MR) is 143 cm³/mol. The van der Waals surface area contributed by atoms with Crippen LogP contribution in [0.5, 0.6) is 0 Å². The van der Waals surface area contributed by atoms with Gasteiger partial charge in [-0.1, -0.05) is 25.1 Å². The van der Waals surface area contributed by atoms with Gasteiger partial charge in [0.15, 0.2) is 0 Å². The Balaban J connectivity index is 1.17. The molecule has 0 radical (unpaired) electrons. The Bertz CT molecular complexity index is 1420. The summed E-state index contributed by atoms with van der Waals surface area (Å²) in [5, 5.41) is 3.03. The molecule has 5 rings (SSSR count). The van der Waals surface area contributed by atoms with E-state index in [1.54, 1.807) is 12.1 Å². The van der Waals surface area contributed by atoms with Crippen LogP contribution in [0, 0.1) is 6.92 Å². The Kier molecular flexibility index (Phi) is 7.01. The summed E-state index contributed by atoms with van der Waals surface area (Å²) in [5.74, 6) is -0.150. The average molecular weight is 522 g/mol. The second-order valence-corrected chi connectivity index (χ2v) is 9.56. The van der Waals surface area contributed by atoms with Gasteiger partial charge in [-0.05, 0) is 66.9 Å². The molecule has 2 aromatic heterocycles. The molecule has 2 aromatic carbocycles. The highest BCUT2D eigenvalue weighted by atomic mass is 19.4. The third kappa shape index (κ3) is 5.32. The minimum atomic E-state index is -4.32. The number of pyridine rings is 1. The van der Waals surface area contributed by atoms with Crippen molar-refractivity contribution in [3.8, 4) is 0 Å². The number of carbonyl (C=O) groups excluding carboxylic acids is 1. The molecule has 38 heavy (non-hydrogen) atoms. The predicted octanol–water partition coefficient (Wildman–Crippen LogP) is 5.48. The maximum absolute atomic E-state index is 13.1. The standard InChI is InChI=1S/C29H30F3N5O/c1-3-25-27(37-19-20(2)4-13-26(37)34-25)28(38)33-18-21-5-9-23(10-6-21)35-14-16-36(17-15-35)24-11-7-22(8-12-24)29(30,31)32/h4-13,19H,3,14-18H2,1-2H3,(H,33,38). The molecule has 1 saturated heterocycles. The first kappa shape index (κ1) is 25.6. The van der Waals surface area contributed by atoms with Gasteiger partial charge in [0, 0.05) is 50.3 Å². The van der Waals surface area contributed by atoms with Gasteiger partial charge < -0.3 is 15.1 Å². The first-order valence-electron chi connectivity index (χ1n) is 12.7. The molecule has 1 N–H and O–H groups in total. The highest BCUT2D eigenvalue weighted by Crippen LogP contribution is 2.31. The second-order valence-electron chi connectivity index (χ2n) is 9.56. The Hall–Kier alpha value is -4.01. The van der Waals surface area contributed by atoms with Crippen molar-refractivity contribution in [1.82, 2.24) is 14.7 Å². The van der Waals surface area contributed by atoms with E-state index < -0.39 is 11.7 Å². The Morgan fingerprint density at radius 1 is 0.895 bits per heavy atom. The lowest BCUT2D eigenvalue weighted by Gasteiger charge is -2.37. The summed E-state index contributed by atoms with van der Waals surface area (Å²) in [6.45, 7) is 7.37. The number of amides is 1. The zero-order valence-corrected chi connectivity index (χ0v) is 21.4. The molecule has 4 aromatic rings. The van der Waals surface area contributed by atoms with Gasteiger partial charge in [0.1, 0.15) is 11.3 Å². The Labute approximate surface area is 219 Å². The van der Waals surface area contributed by atoms with E-state index in [1.807, 2.05) is 60.8 Å². The Morgan fingerprint density at radius 3 is 2.03 bits per heavy atom. The lowest BCUT2D eigenvalue weighted by atomic mass is 10.1.